The van der Waals surface area contributed by atoms with Crippen molar-refractivity contribution in [3.63, 3.8) is 0 Å². The van der Waals surface area contributed by atoms with E-state index in [2.05, 4.69) is 10.4 Å². The normalized spacial score (nSPS) is 9.89. The van der Waals surface area contributed by atoms with Crippen molar-refractivity contribution in [1.29, 1.82) is 5.26 Å². The van der Waals surface area contributed by atoms with Gasteiger partial charge in [-0.25, -0.2) is 0 Å². The fourth-order valence-electron chi connectivity index (χ4n) is 1.69. The molecule has 0 saturated carbocycles. The van der Waals surface area contributed by atoms with E-state index in [0.29, 0.717) is 22.9 Å². The maximum atomic E-state index is 8.96. The van der Waals surface area contributed by atoms with Gasteiger partial charge in [0.2, 0.25) is 0 Å². The lowest BCUT2D eigenvalue weighted by Crippen LogP contribution is -2.29. The average Bonchev–Trinajstić information content (AvgIpc) is 2.72. The van der Waals surface area contributed by atoms with Gasteiger partial charge in [0.05, 0.1) is 5.69 Å². The Balaban J connectivity index is 2.11. The Bertz CT molecular complexity index is 639. The van der Waals surface area contributed by atoms with Gasteiger partial charge in [-0.3, -0.25) is 0 Å². The summed E-state index contributed by atoms with van der Waals surface area (Å²) in [4.78, 5) is 0. The van der Waals surface area contributed by atoms with Gasteiger partial charge in [-0.1, -0.05) is 30.3 Å². The molecule has 96 valence electrons. The minimum Gasteiger partial charge on any atom is -0.382 e. The number of thiocarbonyl (C=S) groups is 1. The minimum absolute atomic E-state index is 0.269. The predicted molar refractivity (Wildman–Crippen MR) is 77.4 cm³/mol. The van der Waals surface area contributed by atoms with Crippen LogP contribution >= 0.6 is 12.2 Å². The van der Waals surface area contributed by atoms with Gasteiger partial charge in [-0.05, 0) is 24.7 Å². The van der Waals surface area contributed by atoms with Gasteiger partial charge in [0.25, 0.3) is 0 Å². The Morgan fingerprint density at radius 1 is 1.47 bits per heavy atom. The summed E-state index contributed by atoms with van der Waals surface area (Å²) in [7, 11) is 0. The van der Waals surface area contributed by atoms with E-state index >= 15 is 0 Å². The molecule has 3 N–H and O–H groups in total. The Morgan fingerprint density at radius 3 is 2.74 bits per heavy atom. The second kappa shape index (κ2) is 5.50. The Kier molecular flexibility index (Phi) is 3.78. The SMILES string of the molecule is Cc1nn(C(=S)NCc2ccccc2)c(N)c1C#N. The van der Waals surface area contributed by atoms with Crippen LogP contribution in [0.3, 0.4) is 0 Å². The molecule has 0 fully saturated rings. The smallest absolute Gasteiger partial charge is 0.196 e. The van der Waals surface area contributed by atoms with E-state index in [0.717, 1.165) is 5.56 Å². The van der Waals surface area contributed by atoms with Crippen LogP contribution in [0.5, 0.6) is 0 Å². The lowest BCUT2D eigenvalue weighted by atomic mass is 10.2. The maximum Gasteiger partial charge on any atom is 0.196 e. The molecule has 0 aliphatic carbocycles. The number of nitrogen functional groups attached to an aromatic ring is 1. The van der Waals surface area contributed by atoms with Crippen molar-refractivity contribution in [1.82, 2.24) is 15.1 Å². The molecule has 1 heterocycles. The predicted octanol–water partition coefficient (Wildman–Crippen LogP) is 1.57. The molecule has 5 nitrogen and oxygen atoms in total. The number of hydrogen-bond donors (Lipinski definition) is 2. The number of hydrogen-bond acceptors (Lipinski definition) is 4. The molecule has 6 heteroatoms. The lowest BCUT2D eigenvalue weighted by Gasteiger charge is -2.09. The van der Waals surface area contributed by atoms with Gasteiger partial charge < -0.3 is 11.1 Å². The summed E-state index contributed by atoms with van der Waals surface area (Å²) in [6, 6.07) is 11.9. The first-order chi connectivity index (χ1) is 9.13. The van der Waals surface area contributed by atoms with E-state index in [1.807, 2.05) is 36.4 Å². The molecule has 19 heavy (non-hydrogen) atoms. The van der Waals surface area contributed by atoms with Crippen molar-refractivity contribution >= 4 is 23.1 Å². The molecule has 0 aliphatic rings. The number of aryl methyl sites for hydroxylation is 1. The fourth-order valence-corrected chi connectivity index (χ4v) is 1.90. The molecule has 2 rings (SSSR count). The van der Waals surface area contributed by atoms with Crippen LogP contribution in [0.25, 0.3) is 0 Å². The molecule has 0 saturated heterocycles. The first-order valence-corrected chi connectivity index (χ1v) is 6.11. The highest BCUT2D eigenvalue weighted by molar-refractivity contribution is 7.80. The number of aromatic nitrogens is 2. The van der Waals surface area contributed by atoms with Crippen LogP contribution in [-0.4, -0.2) is 14.9 Å². The summed E-state index contributed by atoms with van der Waals surface area (Å²) in [5.74, 6) is 0.269. The minimum atomic E-state index is 0.269. The quantitative estimate of drug-likeness (QED) is 0.810. The van der Waals surface area contributed by atoms with Crippen molar-refractivity contribution in [2.45, 2.75) is 13.5 Å². The zero-order chi connectivity index (χ0) is 13.8. The van der Waals surface area contributed by atoms with E-state index in [-0.39, 0.29) is 5.82 Å². The van der Waals surface area contributed by atoms with E-state index in [9.17, 15) is 0 Å². The number of nitrogens with zero attached hydrogens (tertiary/aromatic N) is 3. The number of rotatable bonds is 2. The molecular formula is C13H13N5S. The largest absolute Gasteiger partial charge is 0.382 e. The molecule has 0 spiro atoms. The van der Waals surface area contributed by atoms with Crippen LogP contribution in [0.1, 0.15) is 16.8 Å². The van der Waals surface area contributed by atoms with Crippen molar-refractivity contribution < 1.29 is 0 Å². The van der Waals surface area contributed by atoms with Crippen LogP contribution in [0, 0.1) is 18.3 Å². The second-order valence-electron chi connectivity index (χ2n) is 4.01. The molecule has 0 aliphatic heterocycles. The summed E-state index contributed by atoms with van der Waals surface area (Å²) in [6.45, 7) is 2.31. The topological polar surface area (TPSA) is 79.7 Å². The van der Waals surface area contributed by atoms with Crippen molar-refractivity contribution in [2.75, 3.05) is 5.73 Å². The van der Waals surface area contributed by atoms with Gasteiger partial charge in [0.1, 0.15) is 17.5 Å². The van der Waals surface area contributed by atoms with Gasteiger partial charge in [0, 0.05) is 6.54 Å². The van der Waals surface area contributed by atoms with Crippen molar-refractivity contribution in [3.05, 3.63) is 47.2 Å². The number of benzene rings is 1. The molecule has 0 unspecified atom stereocenters. The monoisotopic (exact) mass is 271 g/mol. The number of nitrogens with one attached hydrogen (secondary N) is 1. The Labute approximate surface area is 116 Å². The maximum absolute atomic E-state index is 8.96. The average molecular weight is 271 g/mol. The summed E-state index contributed by atoms with van der Waals surface area (Å²) >= 11 is 5.23. The molecule has 1 aromatic carbocycles. The highest BCUT2D eigenvalue weighted by atomic mass is 32.1. The van der Waals surface area contributed by atoms with Crippen LogP contribution < -0.4 is 11.1 Å². The molecule has 0 atom stereocenters. The molecule has 1 aromatic heterocycles. The van der Waals surface area contributed by atoms with Crippen LogP contribution in [0.15, 0.2) is 30.3 Å². The van der Waals surface area contributed by atoms with Gasteiger partial charge in [-0.2, -0.15) is 15.0 Å². The molecule has 0 radical (unpaired) electrons. The van der Waals surface area contributed by atoms with E-state index in [1.54, 1.807) is 6.92 Å². The molecule has 0 bridgehead atoms. The highest BCUT2D eigenvalue weighted by Crippen LogP contribution is 2.14. The second-order valence-corrected chi connectivity index (χ2v) is 4.40. The number of nitrogens with two attached hydrogens (primary N) is 1. The molecule has 0 amide bonds. The van der Waals surface area contributed by atoms with Crippen LogP contribution in [0.2, 0.25) is 0 Å². The third kappa shape index (κ3) is 2.72. The first-order valence-electron chi connectivity index (χ1n) is 5.71. The Morgan fingerprint density at radius 2 is 2.16 bits per heavy atom. The fraction of sp³-hybridized carbons (Fsp3) is 0.154. The summed E-state index contributed by atoms with van der Waals surface area (Å²) < 4.78 is 1.38. The number of anilines is 1. The zero-order valence-electron chi connectivity index (χ0n) is 10.4. The van der Waals surface area contributed by atoms with Crippen molar-refractivity contribution in [2.24, 2.45) is 0 Å². The third-order valence-corrected chi connectivity index (χ3v) is 3.00. The van der Waals surface area contributed by atoms with Gasteiger partial charge >= 0.3 is 0 Å². The lowest BCUT2D eigenvalue weighted by molar-refractivity contribution is 0.833. The summed E-state index contributed by atoms with van der Waals surface area (Å²) in [6.07, 6.45) is 0. The van der Waals surface area contributed by atoms with E-state index in [4.69, 9.17) is 23.2 Å². The van der Waals surface area contributed by atoms with E-state index in [1.165, 1.54) is 4.68 Å². The van der Waals surface area contributed by atoms with Crippen LogP contribution in [-0.2, 0) is 6.54 Å². The van der Waals surface area contributed by atoms with Gasteiger partial charge in [0.15, 0.2) is 5.11 Å². The van der Waals surface area contributed by atoms with Crippen LogP contribution in [0.4, 0.5) is 5.82 Å². The summed E-state index contributed by atoms with van der Waals surface area (Å²) in [5.41, 5.74) is 7.88. The molecular weight excluding hydrogens is 258 g/mol. The Hall–Kier alpha value is -2.39. The number of nitriles is 1. The summed E-state index contributed by atoms with van der Waals surface area (Å²) in [5, 5.41) is 16.6. The van der Waals surface area contributed by atoms with Crippen molar-refractivity contribution in [3.8, 4) is 6.07 Å². The van der Waals surface area contributed by atoms with E-state index < -0.39 is 0 Å². The highest BCUT2D eigenvalue weighted by Gasteiger charge is 2.14. The standard InChI is InChI=1S/C13H13N5S/c1-9-11(7-14)12(15)18(17-9)13(19)16-8-10-5-3-2-4-6-10/h2-6H,8,15H2,1H3,(H,16,19). The first kappa shape index (κ1) is 13.1. The third-order valence-electron chi connectivity index (χ3n) is 2.69. The molecule has 2 aromatic rings. The van der Waals surface area contributed by atoms with Gasteiger partial charge in [-0.15, -0.1) is 0 Å². The zero-order valence-corrected chi connectivity index (χ0v) is 11.2.